The van der Waals surface area contributed by atoms with E-state index in [4.69, 9.17) is 16.7 Å². The van der Waals surface area contributed by atoms with Crippen molar-refractivity contribution < 1.29 is 9.90 Å². The van der Waals surface area contributed by atoms with Gasteiger partial charge in [-0.3, -0.25) is 0 Å². The van der Waals surface area contributed by atoms with E-state index in [1.54, 1.807) is 18.2 Å². The summed E-state index contributed by atoms with van der Waals surface area (Å²) >= 11 is 7.41. The predicted molar refractivity (Wildman–Crippen MR) is 74.8 cm³/mol. The van der Waals surface area contributed by atoms with Gasteiger partial charge in [-0.2, -0.15) is 0 Å². The lowest BCUT2D eigenvalue weighted by atomic mass is 10.2. The van der Waals surface area contributed by atoms with Crippen LogP contribution in [0.3, 0.4) is 0 Å². The molecular weight excluding hydrogens is 270 g/mol. The molecule has 0 aliphatic rings. The zero-order valence-electron chi connectivity index (χ0n) is 9.76. The first-order valence-corrected chi connectivity index (χ1v) is 6.54. The number of thiophene rings is 1. The molecule has 0 aliphatic heterocycles. The van der Waals surface area contributed by atoms with Gasteiger partial charge in [0.05, 0.1) is 16.4 Å². The summed E-state index contributed by atoms with van der Waals surface area (Å²) in [5, 5.41) is 8.95. The van der Waals surface area contributed by atoms with E-state index in [9.17, 15) is 4.79 Å². The molecule has 2 aromatic rings. The summed E-state index contributed by atoms with van der Waals surface area (Å²) in [5.41, 5.74) is 1.17. The van der Waals surface area contributed by atoms with Crippen molar-refractivity contribution in [2.45, 2.75) is 6.54 Å². The average Bonchev–Trinajstić information content (AvgIpc) is 2.75. The molecule has 0 unspecified atom stereocenters. The van der Waals surface area contributed by atoms with Crippen LogP contribution in [0, 0.1) is 0 Å². The minimum absolute atomic E-state index is 0.295. The largest absolute Gasteiger partial charge is 0.478 e. The summed E-state index contributed by atoms with van der Waals surface area (Å²) in [6.07, 6.45) is 0. The van der Waals surface area contributed by atoms with E-state index in [1.807, 2.05) is 30.1 Å². The summed E-state index contributed by atoms with van der Waals surface area (Å²) < 4.78 is 0.762. The van der Waals surface area contributed by atoms with Crippen molar-refractivity contribution in [3.63, 3.8) is 0 Å². The lowest BCUT2D eigenvalue weighted by Crippen LogP contribution is -2.16. The van der Waals surface area contributed by atoms with Gasteiger partial charge in [0.2, 0.25) is 0 Å². The highest BCUT2D eigenvalue weighted by Crippen LogP contribution is 2.24. The fraction of sp³-hybridized carbons (Fsp3) is 0.154. The van der Waals surface area contributed by atoms with Crippen molar-refractivity contribution in [2.75, 3.05) is 11.9 Å². The zero-order valence-corrected chi connectivity index (χ0v) is 11.3. The first-order valence-electron chi connectivity index (χ1n) is 5.35. The number of benzene rings is 1. The molecule has 0 fully saturated rings. The van der Waals surface area contributed by atoms with Crippen molar-refractivity contribution in [2.24, 2.45) is 0 Å². The standard InChI is InChI=1S/C13H12ClNO2S/c1-15(8-11-5-6-12(14)18-11)10-4-2-3-9(7-10)13(16)17/h2-7H,8H2,1H3,(H,16,17). The van der Waals surface area contributed by atoms with E-state index in [0.717, 1.165) is 14.9 Å². The maximum atomic E-state index is 10.9. The van der Waals surface area contributed by atoms with Crippen LogP contribution in [0.2, 0.25) is 4.34 Å². The van der Waals surface area contributed by atoms with Gasteiger partial charge in [0.15, 0.2) is 0 Å². The first kappa shape index (κ1) is 12.9. The number of hydrogen-bond donors (Lipinski definition) is 1. The minimum atomic E-state index is -0.913. The number of hydrogen-bond acceptors (Lipinski definition) is 3. The number of nitrogens with zero attached hydrogens (tertiary/aromatic N) is 1. The normalized spacial score (nSPS) is 10.3. The van der Waals surface area contributed by atoms with Gasteiger partial charge >= 0.3 is 5.97 Å². The van der Waals surface area contributed by atoms with E-state index >= 15 is 0 Å². The Kier molecular flexibility index (Phi) is 3.89. The number of anilines is 1. The summed E-state index contributed by atoms with van der Waals surface area (Å²) in [6.45, 7) is 0.709. The number of aromatic carboxylic acids is 1. The molecule has 0 saturated carbocycles. The van der Waals surface area contributed by atoms with Crippen molar-refractivity contribution in [1.29, 1.82) is 0 Å². The van der Waals surface area contributed by atoms with Gasteiger partial charge in [-0.1, -0.05) is 17.7 Å². The Bertz CT molecular complexity index is 568. The molecule has 1 N–H and O–H groups in total. The average molecular weight is 282 g/mol. The van der Waals surface area contributed by atoms with Crippen LogP contribution in [-0.4, -0.2) is 18.1 Å². The smallest absolute Gasteiger partial charge is 0.335 e. The predicted octanol–water partition coefficient (Wildman–Crippen LogP) is 3.74. The number of carbonyl (C=O) groups is 1. The maximum Gasteiger partial charge on any atom is 0.335 e. The molecule has 18 heavy (non-hydrogen) atoms. The second-order valence-electron chi connectivity index (χ2n) is 3.92. The van der Waals surface area contributed by atoms with Gasteiger partial charge < -0.3 is 10.0 Å². The quantitative estimate of drug-likeness (QED) is 0.928. The van der Waals surface area contributed by atoms with Gasteiger partial charge in [0, 0.05) is 17.6 Å². The van der Waals surface area contributed by atoms with Crippen LogP contribution in [0.5, 0.6) is 0 Å². The molecule has 5 heteroatoms. The van der Waals surface area contributed by atoms with Gasteiger partial charge in [-0.15, -0.1) is 11.3 Å². The lowest BCUT2D eigenvalue weighted by molar-refractivity contribution is 0.0697. The Balaban J connectivity index is 2.15. The molecular formula is C13H12ClNO2S. The van der Waals surface area contributed by atoms with Gasteiger partial charge in [-0.25, -0.2) is 4.79 Å². The molecule has 0 saturated heterocycles. The van der Waals surface area contributed by atoms with Crippen LogP contribution in [0.1, 0.15) is 15.2 Å². The molecule has 0 bridgehead atoms. The van der Waals surface area contributed by atoms with Crippen LogP contribution >= 0.6 is 22.9 Å². The Hall–Kier alpha value is -1.52. The van der Waals surface area contributed by atoms with Crippen LogP contribution in [0.4, 0.5) is 5.69 Å². The maximum absolute atomic E-state index is 10.9. The van der Waals surface area contributed by atoms with Crippen LogP contribution < -0.4 is 4.90 Å². The molecule has 1 aromatic carbocycles. The second-order valence-corrected chi connectivity index (χ2v) is 5.72. The molecule has 94 valence electrons. The van der Waals surface area contributed by atoms with Crippen LogP contribution in [0.25, 0.3) is 0 Å². The summed E-state index contributed by atoms with van der Waals surface area (Å²) in [7, 11) is 1.93. The Morgan fingerprint density at radius 1 is 1.39 bits per heavy atom. The van der Waals surface area contributed by atoms with Crippen molar-refractivity contribution in [3.8, 4) is 0 Å². The Morgan fingerprint density at radius 2 is 2.17 bits per heavy atom. The van der Waals surface area contributed by atoms with E-state index < -0.39 is 5.97 Å². The van der Waals surface area contributed by atoms with Crippen molar-refractivity contribution in [3.05, 3.63) is 51.2 Å². The zero-order chi connectivity index (χ0) is 13.1. The molecule has 1 aromatic heterocycles. The van der Waals surface area contributed by atoms with E-state index in [0.29, 0.717) is 12.1 Å². The van der Waals surface area contributed by atoms with Gasteiger partial charge in [0.25, 0.3) is 0 Å². The highest BCUT2D eigenvalue weighted by atomic mass is 35.5. The van der Waals surface area contributed by atoms with Crippen LogP contribution in [0.15, 0.2) is 36.4 Å². The molecule has 0 radical (unpaired) electrons. The lowest BCUT2D eigenvalue weighted by Gasteiger charge is -2.18. The molecule has 2 rings (SSSR count). The van der Waals surface area contributed by atoms with E-state index in [1.165, 1.54) is 11.3 Å². The van der Waals surface area contributed by atoms with E-state index in [2.05, 4.69) is 0 Å². The molecule has 0 spiro atoms. The third kappa shape index (κ3) is 3.03. The highest BCUT2D eigenvalue weighted by molar-refractivity contribution is 7.16. The van der Waals surface area contributed by atoms with E-state index in [-0.39, 0.29) is 0 Å². The number of rotatable bonds is 4. The van der Waals surface area contributed by atoms with Crippen molar-refractivity contribution in [1.82, 2.24) is 0 Å². The van der Waals surface area contributed by atoms with Gasteiger partial charge in [-0.05, 0) is 30.3 Å². The van der Waals surface area contributed by atoms with Crippen LogP contribution in [-0.2, 0) is 6.54 Å². The molecule has 1 heterocycles. The summed E-state index contributed by atoms with van der Waals surface area (Å²) in [4.78, 5) is 14.0. The Labute approximate surface area is 114 Å². The fourth-order valence-electron chi connectivity index (χ4n) is 1.64. The van der Waals surface area contributed by atoms with Crippen molar-refractivity contribution >= 4 is 34.6 Å². The summed E-state index contributed by atoms with van der Waals surface area (Å²) in [5.74, 6) is -0.913. The first-order chi connectivity index (χ1) is 8.56. The van der Waals surface area contributed by atoms with Gasteiger partial charge in [0.1, 0.15) is 0 Å². The monoisotopic (exact) mass is 281 g/mol. The topological polar surface area (TPSA) is 40.5 Å². The SMILES string of the molecule is CN(Cc1ccc(Cl)s1)c1cccc(C(=O)O)c1. The second kappa shape index (κ2) is 5.42. The molecule has 3 nitrogen and oxygen atoms in total. The third-order valence-electron chi connectivity index (χ3n) is 2.56. The summed E-state index contributed by atoms with van der Waals surface area (Å²) in [6, 6.07) is 10.7. The minimum Gasteiger partial charge on any atom is -0.478 e. The fourth-order valence-corrected chi connectivity index (χ4v) is 2.78. The number of carboxylic acid groups (broad SMARTS) is 1. The Morgan fingerprint density at radius 3 is 2.78 bits per heavy atom. The number of carboxylic acids is 1. The molecule has 0 atom stereocenters. The highest BCUT2D eigenvalue weighted by Gasteiger charge is 2.08. The number of halogens is 1. The molecule has 0 aliphatic carbocycles. The third-order valence-corrected chi connectivity index (χ3v) is 3.77. The molecule has 0 amide bonds.